The number of ketones is 1. The molecule has 39 heavy (non-hydrogen) atoms. The highest BCUT2D eigenvalue weighted by Crippen LogP contribution is 2.39. The molecule has 1 amide bonds. The number of amides is 1. The summed E-state index contributed by atoms with van der Waals surface area (Å²) in [6, 6.07) is 8.28. The second-order valence-electron chi connectivity index (χ2n) is 9.97. The first kappa shape index (κ1) is 25.6. The zero-order chi connectivity index (χ0) is 26.8. The zero-order valence-corrected chi connectivity index (χ0v) is 22.2. The third-order valence-corrected chi connectivity index (χ3v) is 8.08. The number of fused-ring (bicyclic) bond motifs is 1. The van der Waals surface area contributed by atoms with Crippen LogP contribution in [0, 0.1) is 11.7 Å². The van der Waals surface area contributed by atoms with Gasteiger partial charge in [-0.05, 0) is 42.5 Å². The number of hydrogen-bond donors (Lipinski definition) is 0. The van der Waals surface area contributed by atoms with Crippen molar-refractivity contribution in [3.05, 3.63) is 54.1 Å². The van der Waals surface area contributed by atoms with Crippen LogP contribution in [-0.4, -0.2) is 62.9 Å². The molecule has 4 heterocycles. The number of carbonyl (C=O) groups excluding carboxylic acids is 2. The number of aryl methyl sites for hydroxylation is 1. The van der Waals surface area contributed by atoms with Crippen LogP contribution in [0.1, 0.15) is 31.2 Å². The maximum atomic E-state index is 14.9. The van der Waals surface area contributed by atoms with Crippen LogP contribution in [0.5, 0.6) is 11.5 Å². The predicted molar refractivity (Wildman–Crippen MR) is 143 cm³/mol. The molecule has 0 radical (unpaired) electrons. The van der Waals surface area contributed by atoms with Crippen molar-refractivity contribution in [3.63, 3.8) is 0 Å². The molecule has 2 fully saturated rings. The monoisotopic (exact) mass is 549 g/mol. The van der Waals surface area contributed by atoms with Gasteiger partial charge in [0.25, 0.3) is 0 Å². The van der Waals surface area contributed by atoms with E-state index in [2.05, 4.69) is 15.3 Å². The van der Waals surface area contributed by atoms with Crippen molar-refractivity contribution in [2.45, 2.75) is 38.6 Å². The third-order valence-electron chi connectivity index (χ3n) is 6.92. The average Bonchev–Trinajstić information content (AvgIpc) is 3.43. The number of pyridine rings is 1. The molecule has 11 heteroatoms. The summed E-state index contributed by atoms with van der Waals surface area (Å²) in [5, 5.41) is 8.46. The van der Waals surface area contributed by atoms with E-state index >= 15 is 0 Å². The number of Topliss-reactive ketones (excluding diaryl/α,β-unsaturated/α-hetero) is 1. The summed E-state index contributed by atoms with van der Waals surface area (Å²) in [4.78, 5) is 31.7. The van der Waals surface area contributed by atoms with Gasteiger partial charge in [0.2, 0.25) is 5.91 Å². The normalized spacial score (nSPS) is 15.6. The number of benzene rings is 1. The molecule has 0 bridgehead atoms. The lowest BCUT2D eigenvalue weighted by Crippen LogP contribution is -2.41. The molecule has 1 aliphatic heterocycles. The quantitative estimate of drug-likeness (QED) is 0.284. The van der Waals surface area contributed by atoms with Gasteiger partial charge in [0, 0.05) is 44.6 Å². The summed E-state index contributed by atoms with van der Waals surface area (Å²) in [6.45, 7) is 2.82. The van der Waals surface area contributed by atoms with Gasteiger partial charge >= 0.3 is 0 Å². The topological polar surface area (TPSA) is 99.4 Å². The van der Waals surface area contributed by atoms with Gasteiger partial charge in [0.15, 0.2) is 11.6 Å². The third kappa shape index (κ3) is 6.15. The Bertz CT molecular complexity index is 1510. The Balaban J connectivity index is 1.13. The molecule has 2 aliphatic rings. The molecular formula is C28H28FN5O4S. The average molecular weight is 550 g/mol. The summed E-state index contributed by atoms with van der Waals surface area (Å²) >= 11 is 1.43. The minimum atomic E-state index is -0.511. The fourth-order valence-corrected chi connectivity index (χ4v) is 5.64. The molecule has 1 aliphatic carbocycles. The molecule has 0 unspecified atom stereocenters. The number of carbonyl (C=O) groups is 2. The number of nitrogens with zero attached hydrogens (tertiary/aromatic N) is 5. The Kier molecular flexibility index (Phi) is 7.34. The minimum Gasteiger partial charge on any atom is -0.453 e. The molecule has 0 N–H and O–H groups in total. The first-order chi connectivity index (χ1) is 19.0. The van der Waals surface area contributed by atoms with Gasteiger partial charge in [-0.3, -0.25) is 19.3 Å². The van der Waals surface area contributed by atoms with Crippen LogP contribution < -0.4 is 4.74 Å². The highest BCUT2D eigenvalue weighted by atomic mass is 32.1. The molecule has 202 valence electrons. The number of hydrogen-bond acceptors (Lipinski definition) is 8. The number of morpholine rings is 1. The first-order valence-corrected chi connectivity index (χ1v) is 14.0. The van der Waals surface area contributed by atoms with E-state index in [-0.39, 0.29) is 23.9 Å². The van der Waals surface area contributed by atoms with Crippen LogP contribution in [0.25, 0.3) is 20.8 Å². The molecular weight excluding hydrogens is 521 g/mol. The smallest absolute Gasteiger partial charge is 0.224 e. The van der Waals surface area contributed by atoms with E-state index < -0.39 is 5.82 Å². The Labute approximate surface area is 228 Å². The van der Waals surface area contributed by atoms with Crippen molar-refractivity contribution in [3.8, 4) is 22.1 Å². The van der Waals surface area contributed by atoms with Crippen LogP contribution >= 0.6 is 11.3 Å². The lowest BCUT2D eigenvalue weighted by atomic mass is 10.0. The zero-order valence-electron chi connectivity index (χ0n) is 21.3. The van der Waals surface area contributed by atoms with Gasteiger partial charge in [-0.15, -0.1) is 16.4 Å². The second kappa shape index (κ2) is 11.2. The van der Waals surface area contributed by atoms with Crippen molar-refractivity contribution < 1.29 is 23.5 Å². The maximum absolute atomic E-state index is 14.9. The van der Waals surface area contributed by atoms with Gasteiger partial charge in [-0.25, -0.2) is 4.39 Å². The molecule has 1 saturated carbocycles. The van der Waals surface area contributed by atoms with E-state index in [1.807, 2.05) is 11.0 Å². The van der Waals surface area contributed by atoms with Crippen LogP contribution in [-0.2, 0) is 27.3 Å². The number of rotatable bonds is 10. The molecule has 0 spiro atoms. The fourth-order valence-electron chi connectivity index (χ4n) is 4.62. The number of ether oxygens (including phenoxy) is 2. The van der Waals surface area contributed by atoms with Crippen LogP contribution in [0.4, 0.5) is 4.39 Å². The Morgan fingerprint density at radius 1 is 1.13 bits per heavy atom. The Hall–Kier alpha value is -3.70. The van der Waals surface area contributed by atoms with Crippen molar-refractivity contribution in [1.82, 2.24) is 24.9 Å². The number of aromatic nitrogens is 4. The standard InChI is InChI=1S/C28H28FN5O4S/c29-21-15-19(14-20(35)13-18-1-2-18)3-4-24(21)38-25-5-7-30-22-16-26(39-28(22)25)23-17-34(32-31-23)8-6-27(36)33-9-11-37-12-10-33/h3-5,7,15-18H,1-2,6,8-14H2. The summed E-state index contributed by atoms with van der Waals surface area (Å²) in [5.74, 6) is 0.802. The van der Waals surface area contributed by atoms with E-state index in [0.29, 0.717) is 74.1 Å². The van der Waals surface area contributed by atoms with Gasteiger partial charge in [0.1, 0.15) is 17.2 Å². The van der Waals surface area contributed by atoms with E-state index in [0.717, 1.165) is 22.4 Å². The van der Waals surface area contributed by atoms with Crippen molar-refractivity contribution in [1.29, 1.82) is 0 Å². The lowest BCUT2D eigenvalue weighted by molar-refractivity contribution is -0.135. The Morgan fingerprint density at radius 2 is 1.97 bits per heavy atom. The van der Waals surface area contributed by atoms with E-state index in [4.69, 9.17) is 9.47 Å². The van der Waals surface area contributed by atoms with E-state index in [9.17, 15) is 14.0 Å². The summed E-state index contributed by atoms with van der Waals surface area (Å²) in [7, 11) is 0. The maximum Gasteiger partial charge on any atom is 0.224 e. The van der Waals surface area contributed by atoms with Gasteiger partial charge in [-0.1, -0.05) is 11.3 Å². The lowest BCUT2D eigenvalue weighted by Gasteiger charge is -2.26. The van der Waals surface area contributed by atoms with Crippen LogP contribution in [0.2, 0.25) is 0 Å². The van der Waals surface area contributed by atoms with Gasteiger partial charge in [-0.2, -0.15) is 0 Å². The first-order valence-electron chi connectivity index (χ1n) is 13.1. The largest absolute Gasteiger partial charge is 0.453 e. The van der Waals surface area contributed by atoms with Crippen LogP contribution in [0.15, 0.2) is 42.7 Å². The molecule has 9 nitrogen and oxygen atoms in total. The predicted octanol–water partition coefficient (Wildman–Crippen LogP) is 4.65. The SMILES string of the molecule is O=C(Cc1ccc(Oc2ccnc3cc(-c4cn(CCC(=O)N5CCOCC5)nn4)sc23)c(F)c1)CC1CC1. The van der Waals surface area contributed by atoms with Crippen molar-refractivity contribution >= 4 is 33.2 Å². The summed E-state index contributed by atoms with van der Waals surface area (Å²) in [5.41, 5.74) is 2.01. The summed E-state index contributed by atoms with van der Waals surface area (Å²) < 4.78 is 28.6. The molecule has 3 aromatic heterocycles. The Morgan fingerprint density at radius 3 is 2.77 bits per heavy atom. The minimum absolute atomic E-state index is 0.0772. The molecule has 4 aromatic rings. The molecule has 6 rings (SSSR count). The van der Waals surface area contributed by atoms with Gasteiger partial charge in [0.05, 0.1) is 41.0 Å². The number of thiophene rings is 1. The molecule has 1 aromatic carbocycles. The highest BCUT2D eigenvalue weighted by Gasteiger charge is 2.24. The van der Waals surface area contributed by atoms with Gasteiger partial charge < -0.3 is 14.4 Å². The molecule has 0 atom stereocenters. The fraction of sp³-hybridized carbons (Fsp3) is 0.393. The molecule has 1 saturated heterocycles. The highest BCUT2D eigenvalue weighted by molar-refractivity contribution is 7.22. The van der Waals surface area contributed by atoms with Crippen molar-refractivity contribution in [2.75, 3.05) is 26.3 Å². The van der Waals surface area contributed by atoms with Crippen molar-refractivity contribution in [2.24, 2.45) is 5.92 Å². The second-order valence-corrected chi connectivity index (χ2v) is 11.0. The summed E-state index contributed by atoms with van der Waals surface area (Å²) in [6.07, 6.45) is 6.82. The van der Waals surface area contributed by atoms with E-state index in [1.54, 1.807) is 35.3 Å². The number of halogens is 1. The van der Waals surface area contributed by atoms with Crippen LogP contribution in [0.3, 0.4) is 0 Å². The van der Waals surface area contributed by atoms with E-state index in [1.165, 1.54) is 17.4 Å².